The second kappa shape index (κ2) is 5.90. The van der Waals surface area contributed by atoms with Gasteiger partial charge in [0.2, 0.25) is 0 Å². The second-order valence-corrected chi connectivity index (χ2v) is 6.54. The predicted octanol–water partition coefficient (Wildman–Crippen LogP) is 1.30. The van der Waals surface area contributed by atoms with Crippen molar-refractivity contribution < 1.29 is 14.3 Å². The molecule has 23 heavy (non-hydrogen) atoms. The monoisotopic (exact) mass is 318 g/mol. The van der Waals surface area contributed by atoms with Crippen LogP contribution in [0, 0.1) is 6.92 Å². The fourth-order valence-electron chi connectivity index (χ4n) is 3.00. The van der Waals surface area contributed by atoms with Crippen LogP contribution in [-0.4, -0.2) is 63.9 Å². The Balaban J connectivity index is 1.90. The fourth-order valence-corrected chi connectivity index (χ4v) is 3.00. The molecule has 0 spiro atoms. The number of carbonyl (C=O) groups is 1. The Labute approximate surface area is 135 Å². The van der Waals surface area contributed by atoms with Crippen molar-refractivity contribution in [1.82, 2.24) is 19.5 Å². The summed E-state index contributed by atoms with van der Waals surface area (Å²) in [4.78, 5) is 19.2. The van der Waals surface area contributed by atoms with E-state index in [-0.39, 0.29) is 12.0 Å². The molecule has 2 aromatic rings. The minimum atomic E-state index is -0.413. The molecule has 2 aromatic heterocycles. The van der Waals surface area contributed by atoms with Crippen LogP contribution in [0.25, 0.3) is 5.65 Å². The highest BCUT2D eigenvalue weighted by molar-refractivity contribution is 5.99. The van der Waals surface area contributed by atoms with Gasteiger partial charge in [0.15, 0.2) is 5.65 Å². The number of carbonyl (C=O) groups excluding carboxylic acids is 1. The number of amides is 1. The summed E-state index contributed by atoms with van der Waals surface area (Å²) in [7, 11) is 1.63. The second-order valence-electron chi connectivity index (χ2n) is 6.54. The van der Waals surface area contributed by atoms with Crippen LogP contribution < -0.4 is 0 Å². The number of rotatable bonds is 3. The molecule has 1 unspecified atom stereocenters. The number of fused-ring (bicyclic) bond motifs is 1. The van der Waals surface area contributed by atoms with Gasteiger partial charge in [-0.2, -0.15) is 5.10 Å². The van der Waals surface area contributed by atoms with Crippen LogP contribution in [0.1, 0.15) is 29.9 Å². The van der Waals surface area contributed by atoms with Gasteiger partial charge in [-0.25, -0.2) is 9.50 Å². The number of hydrogen-bond donors (Lipinski definition) is 0. The van der Waals surface area contributed by atoms with Crippen molar-refractivity contribution in [3.05, 3.63) is 29.7 Å². The maximum absolute atomic E-state index is 13.0. The number of aryl methyl sites for hydroxylation is 1. The van der Waals surface area contributed by atoms with E-state index in [4.69, 9.17) is 9.47 Å². The largest absolute Gasteiger partial charge is 0.382 e. The summed E-state index contributed by atoms with van der Waals surface area (Å²) in [5.74, 6) is -0.0735. The van der Waals surface area contributed by atoms with Crippen LogP contribution in [0.15, 0.2) is 18.5 Å². The number of morpholine rings is 1. The first kappa shape index (κ1) is 15.9. The van der Waals surface area contributed by atoms with Gasteiger partial charge in [0.1, 0.15) is 5.56 Å². The maximum Gasteiger partial charge on any atom is 0.259 e. The van der Waals surface area contributed by atoms with Gasteiger partial charge in [-0.05, 0) is 26.8 Å². The van der Waals surface area contributed by atoms with E-state index in [9.17, 15) is 4.79 Å². The van der Waals surface area contributed by atoms with Gasteiger partial charge in [0.05, 0.1) is 24.5 Å². The molecule has 0 saturated carbocycles. The molecule has 1 fully saturated rings. The topological polar surface area (TPSA) is 69.0 Å². The number of ether oxygens (including phenoxy) is 2. The Kier molecular flexibility index (Phi) is 4.08. The molecule has 7 heteroatoms. The lowest BCUT2D eigenvalue weighted by molar-refractivity contribution is -0.143. The number of nitrogens with zero attached hydrogens (tertiary/aromatic N) is 4. The van der Waals surface area contributed by atoms with E-state index in [0.717, 1.165) is 5.69 Å². The molecule has 0 aliphatic carbocycles. The summed E-state index contributed by atoms with van der Waals surface area (Å²) in [5, 5.41) is 4.22. The van der Waals surface area contributed by atoms with Crippen molar-refractivity contribution in [2.45, 2.75) is 32.5 Å². The van der Waals surface area contributed by atoms with Crippen LogP contribution in [0.4, 0.5) is 0 Å². The summed E-state index contributed by atoms with van der Waals surface area (Å²) in [6.45, 7) is 7.34. The number of hydrogen-bond acceptors (Lipinski definition) is 5. The van der Waals surface area contributed by atoms with Crippen LogP contribution in [0.3, 0.4) is 0 Å². The molecule has 3 heterocycles. The average Bonchev–Trinajstić information content (AvgIpc) is 2.88. The number of methoxy groups -OCH3 is 1. The highest BCUT2D eigenvalue weighted by Crippen LogP contribution is 2.23. The minimum absolute atomic E-state index is 0.0735. The lowest BCUT2D eigenvalue weighted by atomic mass is 10.0. The van der Waals surface area contributed by atoms with E-state index in [1.807, 2.05) is 33.0 Å². The Bertz CT molecular complexity index is 725. The van der Waals surface area contributed by atoms with E-state index < -0.39 is 5.60 Å². The first-order chi connectivity index (χ1) is 10.9. The third-order valence-electron chi connectivity index (χ3n) is 3.86. The molecular formula is C16H22N4O3. The third kappa shape index (κ3) is 3.20. The van der Waals surface area contributed by atoms with E-state index in [1.54, 1.807) is 22.7 Å². The highest BCUT2D eigenvalue weighted by atomic mass is 16.5. The lowest BCUT2D eigenvalue weighted by Gasteiger charge is -2.42. The van der Waals surface area contributed by atoms with Crippen molar-refractivity contribution in [2.24, 2.45) is 0 Å². The average molecular weight is 318 g/mol. The molecule has 1 aliphatic heterocycles. The van der Waals surface area contributed by atoms with Crippen LogP contribution in [0.5, 0.6) is 0 Å². The molecule has 0 radical (unpaired) electrons. The normalized spacial score (nSPS) is 20.9. The predicted molar refractivity (Wildman–Crippen MR) is 84.5 cm³/mol. The minimum Gasteiger partial charge on any atom is -0.382 e. The molecule has 0 N–H and O–H groups in total. The molecule has 1 aliphatic rings. The van der Waals surface area contributed by atoms with Crippen molar-refractivity contribution in [3.8, 4) is 0 Å². The molecule has 1 amide bonds. The van der Waals surface area contributed by atoms with Gasteiger partial charge in [-0.1, -0.05) is 0 Å². The van der Waals surface area contributed by atoms with Crippen LogP contribution in [-0.2, 0) is 9.47 Å². The zero-order chi connectivity index (χ0) is 16.6. The quantitative estimate of drug-likeness (QED) is 0.853. The molecule has 1 atom stereocenters. The number of aromatic nitrogens is 3. The van der Waals surface area contributed by atoms with E-state index in [1.165, 1.54) is 0 Å². The van der Waals surface area contributed by atoms with Gasteiger partial charge in [-0.15, -0.1) is 0 Å². The SMILES string of the molecule is COCC1CN(C(=O)c2cnn3ccc(C)nc23)CC(C)(C)O1. The Morgan fingerprint density at radius 2 is 2.30 bits per heavy atom. The lowest BCUT2D eigenvalue weighted by Crippen LogP contribution is -2.55. The first-order valence-electron chi connectivity index (χ1n) is 7.66. The van der Waals surface area contributed by atoms with Crippen molar-refractivity contribution in [1.29, 1.82) is 0 Å². The zero-order valence-electron chi connectivity index (χ0n) is 13.9. The van der Waals surface area contributed by atoms with Crippen molar-refractivity contribution in [3.63, 3.8) is 0 Å². The molecule has 7 nitrogen and oxygen atoms in total. The van der Waals surface area contributed by atoms with Gasteiger partial charge in [0.25, 0.3) is 5.91 Å². The highest BCUT2D eigenvalue weighted by Gasteiger charge is 2.36. The van der Waals surface area contributed by atoms with Crippen molar-refractivity contribution >= 4 is 11.6 Å². The smallest absolute Gasteiger partial charge is 0.259 e. The van der Waals surface area contributed by atoms with E-state index in [0.29, 0.717) is 30.9 Å². The van der Waals surface area contributed by atoms with Gasteiger partial charge < -0.3 is 14.4 Å². The summed E-state index contributed by atoms with van der Waals surface area (Å²) in [5.41, 5.74) is 1.54. The van der Waals surface area contributed by atoms with E-state index >= 15 is 0 Å². The summed E-state index contributed by atoms with van der Waals surface area (Å²) < 4.78 is 12.8. The standard InChI is InChI=1S/C16H22N4O3/c1-11-5-6-20-14(18-11)13(7-17-20)15(21)19-8-12(9-22-4)23-16(2,3)10-19/h5-7,12H,8-10H2,1-4H3. The summed E-state index contributed by atoms with van der Waals surface area (Å²) >= 11 is 0. The maximum atomic E-state index is 13.0. The summed E-state index contributed by atoms with van der Waals surface area (Å²) in [6, 6.07) is 1.86. The molecule has 3 rings (SSSR count). The Morgan fingerprint density at radius 1 is 1.52 bits per heavy atom. The fraction of sp³-hybridized carbons (Fsp3) is 0.562. The Morgan fingerprint density at radius 3 is 3.04 bits per heavy atom. The third-order valence-corrected chi connectivity index (χ3v) is 3.86. The summed E-state index contributed by atoms with van der Waals surface area (Å²) in [6.07, 6.45) is 3.26. The molecule has 0 aromatic carbocycles. The molecule has 124 valence electrons. The van der Waals surface area contributed by atoms with Crippen molar-refractivity contribution in [2.75, 3.05) is 26.8 Å². The van der Waals surface area contributed by atoms with Gasteiger partial charge in [-0.3, -0.25) is 4.79 Å². The van der Waals surface area contributed by atoms with Gasteiger partial charge >= 0.3 is 0 Å². The molecular weight excluding hydrogens is 296 g/mol. The van der Waals surface area contributed by atoms with E-state index in [2.05, 4.69) is 10.1 Å². The first-order valence-corrected chi connectivity index (χ1v) is 7.66. The molecule has 1 saturated heterocycles. The van der Waals surface area contributed by atoms with Crippen LogP contribution >= 0.6 is 0 Å². The zero-order valence-corrected chi connectivity index (χ0v) is 13.9. The van der Waals surface area contributed by atoms with Gasteiger partial charge in [0, 0.05) is 32.1 Å². The van der Waals surface area contributed by atoms with Crippen LogP contribution in [0.2, 0.25) is 0 Å². The molecule has 0 bridgehead atoms. The Hall–Kier alpha value is -1.99.